The molecule has 0 heterocycles. The van der Waals surface area contributed by atoms with Gasteiger partial charge in [-0.15, -0.1) is 0 Å². The van der Waals surface area contributed by atoms with E-state index >= 15 is 0 Å². The minimum Gasteiger partial charge on any atom is -0.378 e. The Kier molecular flexibility index (Phi) is 16.5. The van der Waals surface area contributed by atoms with Crippen molar-refractivity contribution in [2.45, 2.75) is 74.3 Å². The van der Waals surface area contributed by atoms with E-state index in [9.17, 15) is 18.0 Å². The smallest absolute Gasteiger partial charge is 0.277 e. The second-order valence-electron chi connectivity index (χ2n) is 7.82. The number of carbonyl (C=O) groups is 1. The first-order chi connectivity index (χ1) is 16.7. The molecular formula is C27H41F3N2O3. The van der Waals surface area contributed by atoms with Gasteiger partial charge in [0, 0.05) is 6.61 Å². The molecule has 0 radical (unpaired) electrons. The van der Waals surface area contributed by atoms with E-state index in [1.807, 2.05) is 34.6 Å². The van der Waals surface area contributed by atoms with Gasteiger partial charge < -0.3 is 10.1 Å². The SMILES string of the molecule is CC.CC.Cc1ccc(Nc2c(C(=O)NOCCC(C)OCCC(C)C)ccc(F)c2F)c(F)c1. The van der Waals surface area contributed by atoms with Crippen LogP contribution in [0.25, 0.3) is 0 Å². The number of nitrogens with one attached hydrogen (secondary N) is 2. The Hall–Kier alpha value is -2.58. The van der Waals surface area contributed by atoms with Crippen LogP contribution < -0.4 is 10.8 Å². The number of aryl methyl sites for hydroxylation is 1. The lowest BCUT2D eigenvalue weighted by molar-refractivity contribution is -0.00125. The fraction of sp³-hybridized carbons (Fsp3) is 0.519. The maximum absolute atomic E-state index is 14.4. The van der Waals surface area contributed by atoms with Crippen molar-refractivity contribution in [2.75, 3.05) is 18.5 Å². The quantitative estimate of drug-likeness (QED) is 0.246. The maximum Gasteiger partial charge on any atom is 0.277 e. The first kappa shape index (κ1) is 32.4. The van der Waals surface area contributed by atoms with Gasteiger partial charge in [-0.25, -0.2) is 18.7 Å². The summed E-state index contributed by atoms with van der Waals surface area (Å²) in [6.07, 6.45) is 1.44. The summed E-state index contributed by atoms with van der Waals surface area (Å²) >= 11 is 0. The Bertz CT molecular complexity index is 892. The maximum atomic E-state index is 14.4. The molecule has 0 spiro atoms. The number of anilines is 2. The third kappa shape index (κ3) is 11.6. The number of ether oxygens (including phenoxy) is 1. The molecule has 2 aromatic rings. The van der Waals surface area contributed by atoms with E-state index in [4.69, 9.17) is 9.57 Å². The number of amides is 1. The summed E-state index contributed by atoms with van der Waals surface area (Å²) in [4.78, 5) is 17.6. The van der Waals surface area contributed by atoms with Crippen molar-refractivity contribution in [3.8, 4) is 0 Å². The van der Waals surface area contributed by atoms with Gasteiger partial charge in [-0.1, -0.05) is 47.6 Å². The number of hydrogen-bond donors (Lipinski definition) is 2. The summed E-state index contributed by atoms with van der Waals surface area (Å²) in [7, 11) is 0. The molecule has 1 atom stereocenters. The van der Waals surface area contributed by atoms with Crippen LogP contribution in [-0.2, 0) is 9.57 Å². The van der Waals surface area contributed by atoms with E-state index < -0.39 is 29.0 Å². The molecule has 35 heavy (non-hydrogen) atoms. The second kappa shape index (κ2) is 17.8. The Morgan fingerprint density at radius 1 is 0.914 bits per heavy atom. The number of benzene rings is 2. The van der Waals surface area contributed by atoms with Crippen LogP contribution in [-0.4, -0.2) is 25.2 Å². The van der Waals surface area contributed by atoms with Gasteiger partial charge in [-0.05, 0) is 62.4 Å². The van der Waals surface area contributed by atoms with Crippen molar-refractivity contribution in [2.24, 2.45) is 5.92 Å². The highest BCUT2D eigenvalue weighted by Crippen LogP contribution is 2.28. The van der Waals surface area contributed by atoms with Crippen LogP contribution in [0.5, 0.6) is 0 Å². The number of hydrogen-bond acceptors (Lipinski definition) is 4. The van der Waals surface area contributed by atoms with Gasteiger partial charge in [-0.2, -0.15) is 0 Å². The van der Waals surface area contributed by atoms with Gasteiger partial charge in [0.1, 0.15) is 5.82 Å². The highest BCUT2D eigenvalue weighted by atomic mass is 19.2. The molecule has 8 heteroatoms. The molecule has 0 aliphatic rings. The van der Waals surface area contributed by atoms with Gasteiger partial charge >= 0.3 is 0 Å². The van der Waals surface area contributed by atoms with Crippen molar-refractivity contribution in [1.29, 1.82) is 0 Å². The van der Waals surface area contributed by atoms with E-state index in [1.54, 1.807) is 13.0 Å². The Labute approximate surface area is 208 Å². The van der Waals surface area contributed by atoms with E-state index in [0.717, 1.165) is 18.6 Å². The average molecular weight is 499 g/mol. The fourth-order valence-electron chi connectivity index (χ4n) is 2.70. The summed E-state index contributed by atoms with van der Waals surface area (Å²) in [5, 5.41) is 2.47. The third-order valence-corrected chi connectivity index (χ3v) is 4.61. The predicted molar refractivity (Wildman–Crippen MR) is 136 cm³/mol. The van der Waals surface area contributed by atoms with Gasteiger partial charge in [0.2, 0.25) is 0 Å². The Balaban J connectivity index is 0.00000274. The van der Waals surface area contributed by atoms with Crippen LogP contribution in [0.2, 0.25) is 0 Å². The highest BCUT2D eigenvalue weighted by molar-refractivity contribution is 5.99. The lowest BCUT2D eigenvalue weighted by Gasteiger charge is -2.16. The van der Waals surface area contributed by atoms with Crippen molar-refractivity contribution in [3.05, 3.63) is 58.9 Å². The predicted octanol–water partition coefficient (Wildman–Crippen LogP) is 7.71. The van der Waals surface area contributed by atoms with Crippen LogP contribution in [0.4, 0.5) is 24.5 Å². The van der Waals surface area contributed by atoms with Gasteiger partial charge in [0.15, 0.2) is 11.6 Å². The minimum absolute atomic E-state index is 0.0549. The molecule has 0 saturated carbocycles. The molecule has 0 fully saturated rings. The summed E-state index contributed by atoms with van der Waals surface area (Å²) < 4.78 is 47.9. The summed E-state index contributed by atoms with van der Waals surface area (Å²) in [6, 6.07) is 6.16. The van der Waals surface area contributed by atoms with Crippen LogP contribution in [0.1, 0.15) is 77.2 Å². The zero-order valence-electron chi connectivity index (χ0n) is 22.2. The van der Waals surface area contributed by atoms with Crippen molar-refractivity contribution in [1.82, 2.24) is 5.48 Å². The van der Waals surface area contributed by atoms with Gasteiger partial charge in [0.05, 0.1) is 29.6 Å². The number of carbonyl (C=O) groups excluding carboxylic acids is 1. The first-order valence-corrected chi connectivity index (χ1v) is 12.2. The molecular weight excluding hydrogens is 457 g/mol. The largest absolute Gasteiger partial charge is 0.378 e. The molecule has 2 aromatic carbocycles. The van der Waals surface area contributed by atoms with Crippen LogP contribution in [0, 0.1) is 30.3 Å². The molecule has 2 rings (SSSR count). The summed E-state index contributed by atoms with van der Waals surface area (Å²) in [5.74, 6) is -3.35. The molecule has 0 aliphatic heterocycles. The molecule has 1 unspecified atom stereocenters. The molecule has 0 saturated heterocycles. The molecule has 0 bridgehead atoms. The molecule has 2 N–H and O–H groups in total. The highest BCUT2D eigenvalue weighted by Gasteiger charge is 2.20. The van der Waals surface area contributed by atoms with Gasteiger partial charge in [-0.3, -0.25) is 9.63 Å². The fourth-order valence-corrected chi connectivity index (χ4v) is 2.70. The van der Waals surface area contributed by atoms with Crippen LogP contribution in [0.3, 0.4) is 0 Å². The average Bonchev–Trinajstić information content (AvgIpc) is 2.83. The Morgan fingerprint density at radius 2 is 1.57 bits per heavy atom. The van der Waals surface area contributed by atoms with Crippen LogP contribution >= 0.6 is 0 Å². The standard InChI is InChI=1S/C23H29F3N2O3.2C2H6/c1-14(2)9-11-30-16(4)10-12-31-28-23(29)17-6-7-18(24)21(26)22(17)27-20-8-5-15(3)13-19(20)25;2*1-2/h5-8,13-14,16,27H,9-12H2,1-4H3,(H,28,29);2*1-2H3. The lowest BCUT2D eigenvalue weighted by atomic mass is 10.1. The zero-order valence-corrected chi connectivity index (χ0v) is 22.2. The van der Waals surface area contributed by atoms with Crippen molar-refractivity contribution < 1.29 is 27.5 Å². The monoisotopic (exact) mass is 498 g/mol. The van der Waals surface area contributed by atoms with Crippen LogP contribution in [0.15, 0.2) is 30.3 Å². The Morgan fingerprint density at radius 3 is 2.17 bits per heavy atom. The molecule has 0 aliphatic carbocycles. The number of hydroxylamine groups is 1. The van der Waals surface area contributed by atoms with E-state index in [2.05, 4.69) is 24.6 Å². The second-order valence-corrected chi connectivity index (χ2v) is 7.82. The zero-order chi connectivity index (χ0) is 27.0. The summed E-state index contributed by atoms with van der Waals surface area (Å²) in [5.41, 5.74) is 2.09. The van der Waals surface area contributed by atoms with E-state index in [1.165, 1.54) is 12.1 Å². The van der Waals surface area contributed by atoms with E-state index in [-0.39, 0.29) is 24.0 Å². The van der Waals surface area contributed by atoms with Gasteiger partial charge in [0.25, 0.3) is 5.91 Å². The molecule has 198 valence electrons. The topological polar surface area (TPSA) is 59.6 Å². The summed E-state index contributed by atoms with van der Waals surface area (Å²) in [6.45, 7) is 16.6. The molecule has 1 amide bonds. The van der Waals surface area contributed by atoms with Crippen molar-refractivity contribution >= 4 is 17.3 Å². The first-order valence-electron chi connectivity index (χ1n) is 12.2. The molecule has 5 nitrogen and oxygen atoms in total. The number of rotatable bonds is 11. The van der Waals surface area contributed by atoms with E-state index in [0.29, 0.717) is 24.5 Å². The number of halogens is 3. The third-order valence-electron chi connectivity index (χ3n) is 4.61. The molecule has 0 aromatic heterocycles. The normalized spacial score (nSPS) is 11.1. The van der Waals surface area contributed by atoms with Crippen molar-refractivity contribution in [3.63, 3.8) is 0 Å². The lowest BCUT2D eigenvalue weighted by Crippen LogP contribution is -2.26. The minimum atomic E-state index is -1.29.